The Morgan fingerprint density at radius 1 is 1.47 bits per heavy atom. The molecule has 1 heterocycles. The lowest BCUT2D eigenvalue weighted by molar-refractivity contribution is 0.300. The van der Waals surface area contributed by atoms with Crippen LogP contribution in [-0.4, -0.2) is 26.5 Å². The molecule has 0 bridgehead atoms. The summed E-state index contributed by atoms with van der Waals surface area (Å²) in [6.07, 6.45) is 3.72. The molecule has 17 heavy (non-hydrogen) atoms. The second kappa shape index (κ2) is 4.84. The van der Waals surface area contributed by atoms with Crippen molar-refractivity contribution in [3.8, 4) is 5.69 Å². The number of hydrogen-bond acceptors (Lipinski definition) is 3. The van der Waals surface area contributed by atoms with Crippen molar-refractivity contribution in [3.05, 3.63) is 48.1 Å². The van der Waals surface area contributed by atoms with E-state index in [-0.39, 0.29) is 5.69 Å². The van der Waals surface area contributed by atoms with Crippen molar-refractivity contribution in [2.45, 2.75) is 0 Å². The molecule has 0 radical (unpaired) electrons. The molecule has 1 N–H and O–H groups in total. The lowest BCUT2D eigenvalue weighted by atomic mass is 10.2. The predicted octanol–water partition coefficient (Wildman–Crippen LogP) is 1.71. The lowest BCUT2D eigenvalue weighted by Gasteiger charge is -2.03. The zero-order chi connectivity index (χ0) is 12.3. The van der Waals surface area contributed by atoms with Crippen molar-refractivity contribution in [3.63, 3.8) is 0 Å². The maximum absolute atomic E-state index is 13.7. The van der Waals surface area contributed by atoms with Crippen LogP contribution in [-0.2, 0) is 0 Å². The third kappa shape index (κ3) is 2.54. The second-order valence-corrected chi connectivity index (χ2v) is 3.30. The highest BCUT2D eigenvalue weighted by Crippen LogP contribution is 2.16. The summed E-state index contributed by atoms with van der Waals surface area (Å²) < 4.78 is 27.7. The number of halogens is 2. The van der Waals surface area contributed by atoms with Gasteiger partial charge >= 0.3 is 0 Å². The summed E-state index contributed by atoms with van der Waals surface area (Å²) in [5.41, 5.74) is 0.557. The Hall–Kier alpha value is -2.08. The van der Waals surface area contributed by atoms with Gasteiger partial charge in [-0.2, -0.15) is 5.10 Å². The van der Waals surface area contributed by atoms with Gasteiger partial charge in [0.2, 0.25) is 0 Å². The fraction of sp³-hybridized carbons (Fsp3) is 0.0909. The van der Waals surface area contributed by atoms with Gasteiger partial charge in [-0.25, -0.2) is 18.4 Å². The largest absolute Gasteiger partial charge is 0.389 e. The molecule has 0 aliphatic rings. The van der Waals surface area contributed by atoms with Gasteiger partial charge < -0.3 is 5.11 Å². The Bertz CT molecular complexity index is 538. The SMILES string of the molecule is OC/C(F)=C\c1ccc(-n2cncn2)c(F)c1. The third-order valence-electron chi connectivity index (χ3n) is 2.11. The zero-order valence-electron chi connectivity index (χ0n) is 8.72. The summed E-state index contributed by atoms with van der Waals surface area (Å²) in [7, 11) is 0. The minimum absolute atomic E-state index is 0.226. The van der Waals surface area contributed by atoms with E-state index >= 15 is 0 Å². The van der Waals surface area contributed by atoms with E-state index in [2.05, 4.69) is 10.1 Å². The first-order valence-electron chi connectivity index (χ1n) is 4.82. The van der Waals surface area contributed by atoms with Crippen LogP contribution in [0.5, 0.6) is 0 Å². The number of aliphatic hydroxyl groups excluding tert-OH is 1. The van der Waals surface area contributed by atoms with Crippen molar-refractivity contribution in [1.29, 1.82) is 0 Å². The molecule has 1 aromatic carbocycles. The first-order valence-corrected chi connectivity index (χ1v) is 4.82. The highest BCUT2D eigenvalue weighted by atomic mass is 19.1. The minimum Gasteiger partial charge on any atom is -0.389 e. The smallest absolute Gasteiger partial charge is 0.149 e. The number of rotatable bonds is 3. The maximum atomic E-state index is 13.7. The molecule has 0 aliphatic heterocycles. The molecule has 0 saturated heterocycles. The van der Waals surface area contributed by atoms with E-state index in [1.807, 2.05) is 0 Å². The summed E-state index contributed by atoms with van der Waals surface area (Å²) in [6.45, 7) is -0.702. The highest BCUT2D eigenvalue weighted by Gasteiger charge is 2.05. The average molecular weight is 237 g/mol. The summed E-state index contributed by atoms with van der Waals surface area (Å²) in [5, 5.41) is 12.3. The Morgan fingerprint density at radius 2 is 2.29 bits per heavy atom. The van der Waals surface area contributed by atoms with E-state index in [0.717, 1.165) is 12.1 Å². The van der Waals surface area contributed by atoms with Gasteiger partial charge in [-0.1, -0.05) is 6.07 Å². The Labute approximate surface area is 95.8 Å². The third-order valence-corrected chi connectivity index (χ3v) is 2.11. The summed E-state index contributed by atoms with van der Waals surface area (Å²) in [6, 6.07) is 4.14. The maximum Gasteiger partial charge on any atom is 0.149 e. The van der Waals surface area contributed by atoms with Crippen LogP contribution in [0.1, 0.15) is 5.56 Å². The first-order chi connectivity index (χ1) is 8.20. The topological polar surface area (TPSA) is 50.9 Å². The van der Waals surface area contributed by atoms with E-state index in [4.69, 9.17) is 5.11 Å². The van der Waals surface area contributed by atoms with Gasteiger partial charge in [0.15, 0.2) is 0 Å². The standard InChI is InChI=1S/C11H9F2N3O/c12-9(5-17)3-8-1-2-11(10(13)4-8)16-7-14-6-15-16/h1-4,6-7,17H,5H2/b9-3+. The lowest BCUT2D eigenvalue weighted by Crippen LogP contribution is -1.98. The minimum atomic E-state index is -0.724. The van der Waals surface area contributed by atoms with Crippen molar-refractivity contribution in [2.75, 3.05) is 6.61 Å². The average Bonchev–Trinajstić information content (AvgIpc) is 2.82. The fourth-order valence-electron chi connectivity index (χ4n) is 1.36. The first kappa shape index (κ1) is 11.4. The van der Waals surface area contributed by atoms with Crippen LogP contribution in [0.4, 0.5) is 8.78 Å². The van der Waals surface area contributed by atoms with E-state index in [0.29, 0.717) is 5.56 Å². The molecule has 0 aliphatic carbocycles. The summed E-state index contributed by atoms with van der Waals surface area (Å²) >= 11 is 0. The van der Waals surface area contributed by atoms with Gasteiger partial charge in [0.1, 0.15) is 30.0 Å². The predicted molar refractivity (Wildman–Crippen MR) is 57.5 cm³/mol. The van der Waals surface area contributed by atoms with Gasteiger partial charge in [-0.15, -0.1) is 0 Å². The second-order valence-electron chi connectivity index (χ2n) is 3.30. The molecule has 2 aromatic rings. The Morgan fingerprint density at radius 3 is 2.88 bits per heavy atom. The van der Waals surface area contributed by atoms with Crippen LogP contribution >= 0.6 is 0 Å². The van der Waals surface area contributed by atoms with Gasteiger partial charge in [0.05, 0.1) is 6.61 Å². The highest BCUT2D eigenvalue weighted by molar-refractivity contribution is 5.53. The molecule has 4 nitrogen and oxygen atoms in total. The van der Waals surface area contributed by atoms with E-state index < -0.39 is 18.3 Å². The van der Waals surface area contributed by atoms with Crippen LogP contribution in [0.3, 0.4) is 0 Å². The molecule has 2 rings (SSSR count). The van der Waals surface area contributed by atoms with Gasteiger partial charge in [0, 0.05) is 0 Å². The van der Waals surface area contributed by atoms with Crippen molar-refractivity contribution < 1.29 is 13.9 Å². The zero-order valence-corrected chi connectivity index (χ0v) is 8.72. The molecular formula is C11H9F2N3O. The van der Waals surface area contributed by atoms with Crippen LogP contribution in [0.25, 0.3) is 11.8 Å². The van der Waals surface area contributed by atoms with Crippen LogP contribution in [0, 0.1) is 5.82 Å². The molecule has 6 heteroatoms. The van der Waals surface area contributed by atoms with E-state index in [1.165, 1.54) is 29.5 Å². The number of hydrogen-bond donors (Lipinski definition) is 1. The molecule has 88 valence electrons. The van der Waals surface area contributed by atoms with Crippen molar-refractivity contribution in [2.24, 2.45) is 0 Å². The fourth-order valence-corrected chi connectivity index (χ4v) is 1.36. The normalized spacial score (nSPS) is 11.8. The van der Waals surface area contributed by atoms with Crippen LogP contribution in [0.15, 0.2) is 36.7 Å². The molecule has 0 amide bonds. The molecule has 0 unspecified atom stereocenters. The van der Waals surface area contributed by atoms with Crippen molar-refractivity contribution >= 4 is 6.08 Å². The van der Waals surface area contributed by atoms with Crippen LogP contribution < -0.4 is 0 Å². The van der Waals surface area contributed by atoms with Gasteiger partial charge in [-0.3, -0.25) is 0 Å². The molecule has 0 spiro atoms. The van der Waals surface area contributed by atoms with Crippen LogP contribution in [0.2, 0.25) is 0 Å². The molecule has 0 saturated carbocycles. The Balaban J connectivity index is 2.36. The molecular weight excluding hydrogens is 228 g/mol. The number of benzene rings is 1. The quantitative estimate of drug-likeness (QED) is 0.884. The van der Waals surface area contributed by atoms with Gasteiger partial charge in [-0.05, 0) is 23.8 Å². The monoisotopic (exact) mass is 237 g/mol. The number of aromatic nitrogens is 3. The molecule has 1 aromatic heterocycles. The molecule has 0 atom stereocenters. The summed E-state index contributed by atoms with van der Waals surface area (Å²) in [4.78, 5) is 3.70. The van der Waals surface area contributed by atoms with Crippen molar-refractivity contribution in [1.82, 2.24) is 14.8 Å². The summed E-state index contributed by atoms with van der Waals surface area (Å²) in [5.74, 6) is -1.27. The number of aliphatic hydroxyl groups is 1. The Kier molecular flexibility index (Phi) is 3.24. The molecule has 0 fully saturated rings. The van der Waals surface area contributed by atoms with E-state index in [1.54, 1.807) is 0 Å². The van der Waals surface area contributed by atoms with E-state index in [9.17, 15) is 8.78 Å². The van der Waals surface area contributed by atoms with Gasteiger partial charge in [0.25, 0.3) is 0 Å². The number of nitrogens with zero attached hydrogens (tertiary/aromatic N) is 3.